The number of hydrogen-bond donors (Lipinski definition) is 1. The van der Waals surface area contributed by atoms with Crippen LogP contribution < -0.4 is 5.32 Å². The summed E-state index contributed by atoms with van der Waals surface area (Å²) in [5.74, 6) is 3.19. The largest absolute Gasteiger partial charge is 0.375 e. The van der Waals surface area contributed by atoms with Gasteiger partial charge in [0, 0.05) is 17.5 Å². The van der Waals surface area contributed by atoms with E-state index >= 15 is 0 Å². The summed E-state index contributed by atoms with van der Waals surface area (Å²) in [7, 11) is 2.10. The van der Waals surface area contributed by atoms with Gasteiger partial charge < -0.3 is 10.1 Å². The third-order valence-corrected chi connectivity index (χ3v) is 7.08. The summed E-state index contributed by atoms with van der Waals surface area (Å²) in [5, 5.41) is 4.75. The summed E-state index contributed by atoms with van der Waals surface area (Å²) in [5.41, 5.74) is 1.37. The second-order valence-electron chi connectivity index (χ2n) is 6.35. The van der Waals surface area contributed by atoms with Gasteiger partial charge in [0.05, 0.1) is 16.3 Å². The van der Waals surface area contributed by atoms with Gasteiger partial charge in [0.15, 0.2) is 0 Å². The Morgan fingerprint density at radius 2 is 2.10 bits per heavy atom. The summed E-state index contributed by atoms with van der Waals surface area (Å²) in [6.45, 7) is 5.18. The van der Waals surface area contributed by atoms with E-state index in [-0.39, 0.29) is 5.60 Å². The lowest BCUT2D eigenvalue weighted by Crippen LogP contribution is -2.45. The number of nitrogens with zero attached hydrogens (tertiary/aromatic N) is 1. The molecule has 118 valence electrons. The lowest BCUT2D eigenvalue weighted by molar-refractivity contribution is -0.107. The van der Waals surface area contributed by atoms with Gasteiger partial charge in [-0.3, -0.25) is 0 Å². The quantitative estimate of drug-likeness (QED) is 0.918. The molecule has 2 fully saturated rings. The van der Waals surface area contributed by atoms with Crippen molar-refractivity contribution in [2.45, 2.75) is 51.2 Å². The van der Waals surface area contributed by atoms with Crippen molar-refractivity contribution >= 4 is 23.1 Å². The second-order valence-corrected chi connectivity index (χ2v) is 8.81. The van der Waals surface area contributed by atoms with Crippen molar-refractivity contribution in [2.24, 2.45) is 5.92 Å². The molecule has 0 radical (unpaired) electrons. The van der Waals surface area contributed by atoms with E-state index in [1.807, 2.05) is 11.3 Å². The summed E-state index contributed by atoms with van der Waals surface area (Å²) < 4.78 is 6.25. The van der Waals surface area contributed by atoms with Crippen molar-refractivity contribution in [3.63, 3.8) is 0 Å². The monoisotopic (exact) mass is 326 g/mol. The molecule has 2 aliphatic heterocycles. The van der Waals surface area contributed by atoms with Crippen LogP contribution in [0.1, 0.15) is 47.3 Å². The van der Waals surface area contributed by atoms with Crippen LogP contribution in [-0.2, 0) is 4.74 Å². The van der Waals surface area contributed by atoms with Gasteiger partial charge in [-0.25, -0.2) is 4.98 Å². The first kappa shape index (κ1) is 15.8. The van der Waals surface area contributed by atoms with E-state index < -0.39 is 0 Å². The predicted octanol–water partition coefficient (Wildman–Crippen LogP) is 3.71. The Labute approximate surface area is 136 Å². The molecule has 0 amide bonds. The number of rotatable bonds is 3. The van der Waals surface area contributed by atoms with Crippen LogP contribution in [0.25, 0.3) is 0 Å². The van der Waals surface area contributed by atoms with Gasteiger partial charge in [0.2, 0.25) is 0 Å². The van der Waals surface area contributed by atoms with Crippen LogP contribution in [0.4, 0.5) is 0 Å². The number of thioether (sulfide) groups is 1. The Balaban J connectivity index is 1.78. The smallest absolute Gasteiger partial charge is 0.0900 e. The molecular formula is C16H26N2OS2. The van der Waals surface area contributed by atoms with Gasteiger partial charge in [0.25, 0.3) is 0 Å². The van der Waals surface area contributed by atoms with Gasteiger partial charge in [-0.05, 0) is 64.0 Å². The number of aryl methyl sites for hydroxylation is 2. The zero-order chi connectivity index (χ0) is 14.9. The van der Waals surface area contributed by atoms with Gasteiger partial charge >= 0.3 is 0 Å². The first-order chi connectivity index (χ1) is 10.1. The molecule has 2 aliphatic rings. The fraction of sp³-hybridized carbons (Fsp3) is 0.812. The van der Waals surface area contributed by atoms with Crippen molar-refractivity contribution in [1.82, 2.24) is 10.3 Å². The number of nitrogens with one attached hydrogen (secondary N) is 1. The Bertz CT molecular complexity index is 477. The highest BCUT2D eigenvalue weighted by Crippen LogP contribution is 2.44. The number of aromatic nitrogens is 1. The molecule has 2 atom stereocenters. The molecule has 2 unspecified atom stereocenters. The zero-order valence-electron chi connectivity index (χ0n) is 13.3. The molecule has 3 rings (SSSR count). The number of thiazole rings is 1. The maximum Gasteiger partial charge on any atom is 0.0900 e. The van der Waals surface area contributed by atoms with Gasteiger partial charge in [-0.15, -0.1) is 11.3 Å². The normalized spacial score (nSPS) is 26.9. The Hall–Kier alpha value is -0.100. The molecule has 3 nitrogen and oxygen atoms in total. The molecule has 2 saturated heterocycles. The van der Waals surface area contributed by atoms with E-state index in [0.717, 1.165) is 13.0 Å². The molecule has 3 heterocycles. The highest BCUT2D eigenvalue weighted by Gasteiger charge is 2.41. The first-order valence-electron chi connectivity index (χ1n) is 7.96. The maximum atomic E-state index is 6.25. The summed E-state index contributed by atoms with van der Waals surface area (Å²) in [6, 6.07) is 0.437. The van der Waals surface area contributed by atoms with Crippen molar-refractivity contribution < 1.29 is 4.74 Å². The summed E-state index contributed by atoms with van der Waals surface area (Å²) >= 11 is 3.93. The SMILES string of the molecule is CNC(c1sc(C)nc1C)C1CCOC2(CCSCC2)C1. The van der Waals surface area contributed by atoms with Crippen LogP contribution in [-0.4, -0.2) is 35.7 Å². The van der Waals surface area contributed by atoms with Crippen LogP contribution in [0.15, 0.2) is 0 Å². The first-order valence-corrected chi connectivity index (χ1v) is 9.93. The van der Waals surface area contributed by atoms with Crippen molar-refractivity contribution in [1.29, 1.82) is 0 Å². The molecule has 0 saturated carbocycles. The molecule has 5 heteroatoms. The lowest BCUT2D eigenvalue weighted by atomic mass is 9.78. The standard InChI is InChI=1S/C16H26N2OS2/c1-11-15(21-12(2)18-11)14(17-3)13-4-7-19-16(10-13)5-8-20-9-6-16/h13-14,17H,4-10H2,1-3H3. The minimum atomic E-state index is 0.164. The van der Waals surface area contributed by atoms with Gasteiger partial charge in [-0.2, -0.15) is 11.8 Å². The molecule has 0 aromatic carbocycles. The number of ether oxygens (including phenoxy) is 1. The predicted molar refractivity (Wildman–Crippen MR) is 91.4 cm³/mol. The third kappa shape index (κ3) is 3.31. The topological polar surface area (TPSA) is 34.2 Å². The highest BCUT2D eigenvalue weighted by atomic mass is 32.2. The van der Waals surface area contributed by atoms with E-state index in [9.17, 15) is 0 Å². The molecule has 1 N–H and O–H groups in total. The fourth-order valence-corrected chi connectivity index (χ4v) is 6.23. The molecule has 0 aliphatic carbocycles. The molecule has 0 bridgehead atoms. The Morgan fingerprint density at radius 3 is 2.71 bits per heavy atom. The molecule has 1 aromatic rings. The van der Waals surface area contributed by atoms with Crippen LogP contribution in [0.3, 0.4) is 0 Å². The highest BCUT2D eigenvalue weighted by molar-refractivity contribution is 7.99. The molecule has 21 heavy (non-hydrogen) atoms. The number of hydrogen-bond acceptors (Lipinski definition) is 5. The van der Waals surface area contributed by atoms with Crippen LogP contribution in [0.5, 0.6) is 0 Å². The van der Waals surface area contributed by atoms with Crippen LogP contribution >= 0.6 is 23.1 Å². The van der Waals surface area contributed by atoms with E-state index in [4.69, 9.17) is 4.74 Å². The van der Waals surface area contributed by atoms with Crippen molar-refractivity contribution in [3.05, 3.63) is 15.6 Å². The minimum absolute atomic E-state index is 0.164. The summed E-state index contributed by atoms with van der Waals surface area (Å²) in [6.07, 6.45) is 4.82. The van der Waals surface area contributed by atoms with Crippen LogP contribution in [0.2, 0.25) is 0 Å². The van der Waals surface area contributed by atoms with Crippen molar-refractivity contribution in [3.8, 4) is 0 Å². The van der Waals surface area contributed by atoms with Crippen molar-refractivity contribution in [2.75, 3.05) is 25.2 Å². The van der Waals surface area contributed by atoms with E-state index in [1.165, 1.54) is 46.3 Å². The van der Waals surface area contributed by atoms with Crippen LogP contribution in [0, 0.1) is 19.8 Å². The molecular weight excluding hydrogens is 300 g/mol. The van der Waals surface area contributed by atoms with E-state index in [1.54, 1.807) is 0 Å². The van der Waals surface area contributed by atoms with Gasteiger partial charge in [-0.1, -0.05) is 0 Å². The fourth-order valence-electron chi connectivity index (χ4n) is 3.86. The molecule has 1 aromatic heterocycles. The zero-order valence-corrected chi connectivity index (χ0v) is 14.9. The van der Waals surface area contributed by atoms with E-state index in [0.29, 0.717) is 12.0 Å². The maximum absolute atomic E-state index is 6.25. The Kier molecular flexibility index (Phi) is 4.94. The third-order valence-electron chi connectivity index (χ3n) is 4.94. The second kappa shape index (κ2) is 6.57. The minimum Gasteiger partial charge on any atom is -0.375 e. The lowest BCUT2D eigenvalue weighted by Gasteiger charge is -2.45. The Morgan fingerprint density at radius 1 is 1.33 bits per heavy atom. The molecule has 1 spiro atoms. The average molecular weight is 327 g/mol. The van der Waals surface area contributed by atoms with Gasteiger partial charge in [0.1, 0.15) is 0 Å². The average Bonchev–Trinajstić information content (AvgIpc) is 2.80. The van der Waals surface area contributed by atoms with E-state index in [2.05, 4.69) is 43.0 Å². The summed E-state index contributed by atoms with van der Waals surface area (Å²) in [4.78, 5) is 6.06.